The molecule has 4 rings (SSSR count). The fourth-order valence-electron chi connectivity index (χ4n) is 3.45. The van der Waals surface area contributed by atoms with Crippen molar-refractivity contribution in [1.82, 2.24) is 14.5 Å². The minimum atomic E-state index is -4.50. The minimum absolute atomic E-state index is 0.112. The number of pyridine rings is 1. The van der Waals surface area contributed by atoms with E-state index >= 15 is 0 Å². The predicted molar refractivity (Wildman–Crippen MR) is 84.6 cm³/mol. The number of aliphatic hydroxyl groups is 1. The number of benzene rings is 1. The predicted octanol–water partition coefficient (Wildman–Crippen LogP) is 3.99. The summed E-state index contributed by atoms with van der Waals surface area (Å²) < 4.78 is 41.5. The fraction of sp³-hybridized carbons (Fsp3) is 0.222. The highest BCUT2D eigenvalue weighted by Gasteiger charge is 2.36. The van der Waals surface area contributed by atoms with Gasteiger partial charge in [0.05, 0.1) is 35.9 Å². The second-order valence-electron chi connectivity index (χ2n) is 6.00. The van der Waals surface area contributed by atoms with E-state index in [1.165, 1.54) is 18.2 Å². The first-order chi connectivity index (χ1) is 12.0. The van der Waals surface area contributed by atoms with Crippen LogP contribution in [0.1, 0.15) is 35.3 Å². The Labute approximate surface area is 141 Å². The average Bonchev–Trinajstić information content (AvgIpc) is 3.17. The summed E-state index contributed by atoms with van der Waals surface area (Å²) in [7, 11) is 0. The van der Waals surface area contributed by atoms with E-state index < -0.39 is 17.8 Å². The van der Waals surface area contributed by atoms with Crippen molar-refractivity contribution in [3.05, 3.63) is 71.9 Å². The van der Waals surface area contributed by atoms with Crippen molar-refractivity contribution in [2.24, 2.45) is 0 Å². The number of rotatable bonds is 3. The zero-order chi connectivity index (χ0) is 17.6. The van der Waals surface area contributed by atoms with Gasteiger partial charge in [0.25, 0.3) is 0 Å². The molecule has 0 aliphatic carbocycles. The van der Waals surface area contributed by atoms with Gasteiger partial charge in [-0.2, -0.15) is 13.2 Å². The number of aromatic nitrogens is 3. The van der Waals surface area contributed by atoms with Gasteiger partial charge in [-0.3, -0.25) is 4.98 Å². The SMILES string of the molecule is OC(CC1c2ccncc2-c2cncn21)c1ccccc1C(F)(F)F. The monoisotopic (exact) mass is 345 g/mol. The van der Waals surface area contributed by atoms with E-state index in [1.807, 2.05) is 10.6 Å². The molecule has 0 bridgehead atoms. The van der Waals surface area contributed by atoms with Gasteiger partial charge in [-0.05, 0) is 23.3 Å². The highest BCUT2D eigenvalue weighted by atomic mass is 19.4. The summed E-state index contributed by atoms with van der Waals surface area (Å²) in [6.45, 7) is 0. The molecule has 1 aliphatic rings. The summed E-state index contributed by atoms with van der Waals surface area (Å²) in [5, 5.41) is 10.6. The molecule has 0 saturated carbocycles. The Bertz CT molecular complexity index is 920. The summed E-state index contributed by atoms with van der Waals surface area (Å²) in [6, 6.07) is 6.69. The molecule has 0 amide bonds. The van der Waals surface area contributed by atoms with Crippen LogP contribution in [0.2, 0.25) is 0 Å². The maximum Gasteiger partial charge on any atom is 0.416 e. The van der Waals surface area contributed by atoms with E-state index in [9.17, 15) is 18.3 Å². The molecule has 1 aliphatic heterocycles. The molecule has 3 aromatic rings. The molecule has 0 radical (unpaired) electrons. The highest BCUT2D eigenvalue weighted by Crippen LogP contribution is 2.44. The third-order valence-electron chi connectivity index (χ3n) is 4.56. The van der Waals surface area contributed by atoms with Crippen LogP contribution in [-0.4, -0.2) is 19.6 Å². The largest absolute Gasteiger partial charge is 0.416 e. The van der Waals surface area contributed by atoms with Crippen LogP contribution in [0.25, 0.3) is 11.3 Å². The summed E-state index contributed by atoms with van der Waals surface area (Å²) >= 11 is 0. The molecule has 4 nitrogen and oxygen atoms in total. The topological polar surface area (TPSA) is 50.9 Å². The van der Waals surface area contributed by atoms with Crippen molar-refractivity contribution in [1.29, 1.82) is 0 Å². The van der Waals surface area contributed by atoms with Crippen molar-refractivity contribution < 1.29 is 18.3 Å². The van der Waals surface area contributed by atoms with Crippen LogP contribution in [0.15, 0.2) is 55.2 Å². The Morgan fingerprint density at radius 2 is 1.92 bits per heavy atom. The van der Waals surface area contributed by atoms with E-state index in [4.69, 9.17) is 0 Å². The molecule has 25 heavy (non-hydrogen) atoms. The lowest BCUT2D eigenvalue weighted by molar-refractivity contribution is -0.139. The zero-order valence-corrected chi connectivity index (χ0v) is 13.0. The Kier molecular flexibility index (Phi) is 3.61. The second-order valence-corrected chi connectivity index (χ2v) is 6.00. The Balaban J connectivity index is 1.70. The molecule has 0 saturated heterocycles. The van der Waals surface area contributed by atoms with Crippen molar-refractivity contribution in [3.63, 3.8) is 0 Å². The van der Waals surface area contributed by atoms with Crippen LogP contribution in [-0.2, 0) is 6.18 Å². The van der Waals surface area contributed by atoms with Crippen LogP contribution < -0.4 is 0 Å². The lowest BCUT2D eigenvalue weighted by Crippen LogP contribution is -2.15. The van der Waals surface area contributed by atoms with Crippen LogP contribution in [0.5, 0.6) is 0 Å². The Morgan fingerprint density at radius 1 is 1.12 bits per heavy atom. The van der Waals surface area contributed by atoms with Crippen LogP contribution in [0, 0.1) is 0 Å². The van der Waals surface area contributed by atoms with Gasteiger partial charge >= 0.3 is 6.18 Å². The van der Waals surface area contributed by atoms with Gasteiger partial charge in [-0.25, -0.2) is 4.98 Å². The lowest BCUT2D eigenvalue weighted by atomic mass is 9.94. The van der Waals surface area contributed by atoms with Gasteiger partial charge < -0.3 is 9.67 Å². The lowest BCUT2D eigenvalue weighted by Gasteiger charge is -2.22. The third-order valence-corrected chi connectivity index (χ3v) is 4.56. The third kappa shape index (κ3) is 2.60. The maximum absolute atomic E-state index is 13.2. The van der Waals surface area contributed by atoms with Crippen molar-refractivity contribution in [2.45, 2.75) is 24.7 Å². The molecule has 7 heteroatoms. The second kappa shape index (κ2) is 5.70. The molecule has 3 heterocycles. The fourth-order valence-corrected chi connectivity index (χ4v) is 3.45. The van der Waals surface area contributed by atoms with Crippen LogP contribution in [0.4, 0.5) is 13.2 Å². The van der Waals surface area contributed by atoms with E-state index in [0.29, 0.717) is 0 Å². The molecule has 128 valence electrons. The summed E-state index contributed by atoms with van der Waals surface area (Å²) in [5.41, 5.74) is 1.75. The molecule has 1 N–H and O–H groups in total. The number of aliphatic hydroxyl groups excluding tert-OH is 1. The van der Waals surface area contributed by atoms with E-state index in [0.717, 1.165) is 22.9 Å². The molecule has 0 fully saturated rings. The number of nitrogens with zero attached hydrogens (tertiary/aromatic N) is 3. The average molecular weight is 345 g/mol. The number of hydrogen-bond acceptors (Lipinski definition) is 3. The van der Waals surface area contributed by atoms with E-state index in [-0.39, 0.29) is 18.0 Å². The Morgan fingerprint density at radius 3 is 2.72 bits per heavy atom. The Hall–Kier alpha value is -2.67. The molecule has 2 unspecified atom stereocenters. The quantitative estimate of drug-likeness (QED) is 0.781. The molecular formula is C18H14F3N3O. The smallest absolute Gasteiger partial charge is 0.388 e. The molecule has 2 aromatic heterocycles. The zero-order valence-electron chi connectivity index (χ0n) is 13.0. The number of alkyl halides is 3. The number of halogens is 3. The molecular weight excluding hydrogens is 331 g/mol. The summed E-state index contributed by atoms with van der Waals surface area (Å²) in [4.78, 5) is 8.20. The highest BCUT2D eigenvalue weighted by molar-refractivity contribution is 5.67. The van der Waals surface area contributed by atoms with E-state index in [2.05, 4.69) is 9.97 Å². The standard InChI is InChI=1S/C18H14F3N3O/c19-18(20,21)14-4-2-1-3-12(14)17(25)7-15-11-5-6-22-8-13(11)16-9-23-10-24(15)16/h1-6,8-10,15,17,25H,7H2. The normalized spacial score (nSPS) is 17.2. The van der Waals surface area contributed by atoms with Gasteiger partial charge in [0.1, 0.15) is 0 Å². The van der Waals surface area contributed by atoms with Crippen molar-refractivity contribution in [2.75, 3.05) is 0 Å². The van der Waals surface area contributed by atoms with Gasteiger partial charge in [0, 0.05) is 24.4 Å². The molecule has 1 aromatic carbocycles. The first kappa shape index (κ1) is 15.8. The minimum Gasteiger partial charge on any atom is -0.388 e. The van der Waals surface area contributed by atoms with Crippen molar-refractivity contribution in [3.8, 4) is 11.3 Å². The number of hydrogen-bond donors (Lipinski definition) is 1. The van der Waals surface area contributed by atoms with Gasteiger partial charge in [0.15, 0.2) is 0 Å². The van der Waals surface area contributed by atoms with Gasteiger partial charge in [0.2, 0.25) is 0 Å². The number of fused-ring (bicyclic) bond motifs is 3. The number of imidazole rings is 1. The first-order valence-electron chi connectivity index (χ1n) is 7.77. The summed E-state index contributed by atoms with van der Waals surface area (Å²) in [5.74, 6) is 0. The first-order valence-corrected chi connectivity index (χ1v) is 7.77. The molecule has 0 spiro atoms. The molecule has 2 atom stereocenters. The van der Waals surface area contributed by atoms with E-state index in [1.54, 1.807) is 24.9 Å². The summed E-state index contributed by atoms with van der Waals surface area (Å²) in [6.07, 6.45) is 1.03. The van der Waals surface area contributed by atoms with Gasteiger partial charge in [-0.1, -0.05) is 18.2 Å². The van der Waals surface area contributed by atoms with Crippen LogP contribution in [0.3, 0.4) is 0 Å². The van der Waals surface area contributed by atoms with Crippen molar-refractivity contribution >= 4 is 0 Å². The van der Waals surface area contributed by atoms with Gasteiger partial charge in [-0.15, -0.1) is 0 Å². The maximum atomic E-state index is 13.2. The van der Waals surface area contributed by atoms with Crippen LogP contribution >= 0.6 is 0 Å².